The lowest BCUT2D eigenvalue weighted by Crippen LogP contribution is -1.96. The van der Waals surface area contributed by atoms with Crippen LogP contribution in [0.3, 0.4) is 0 Å². The molecule has 0 amide bonds. The molecule has 0 aliphatic carbocycles. The van der Waals surface area contributed by atoms with Gasteiger partial charge in [-0.1, -0.05) is 6.92 Å². The Balaban J connectivity index is 3.43. The molecule has 0 saturated carbocycles. The highest BCUT2D eigenvalue weighted by Crippen LogP contribution is 2.25. The van der Waals surface area contributed by atoms with E-state index in [0.29, 0.717) is 12.1 Å². The molecule has 86 valence electrons. The second-order valence-corrected chi connectivity index (χ2v) is 3.05. The van der Waals surface area contributed by atoms with Crippen LogP contribution in [0.15, 0.2) is 22.9 Å². The summed E-state index contributed by atoms with van der Waals surface area (Å²) in [6.45, 7) is 4.76. The third kappa shape index (κ3) is 2.24. The van der Waals surface area contributed by atoms with Crippen LogP contribution in [0, 0.1) is 17.5 Å². The Bertz CT molecular complexity index is 455. The SMILES string of the molecule is C=N/C(=C(\O)CC)c1cc(F)c(F)cc1F. The van der Waals surface area contributed by atoms with Gasteiger partial charge in [0.05, 0.1) is 0 Å². The predicted molar refractivity (Wildman–Crippen MR) is 55.7 cm³/mol. The van der Waals surface area contributed by atoms with E-state index in [1.165, 1.54) is 0 Å². The summed E-state index contributed by atoms with van der Waals surface area (Å²) in [6, 6.07) is 1.04. The number of nitrogens with zero attached hydrogens (tertiary/aromatic N) is 1. The fraction of sp³-hybridized carbons (Fsp3) is 0.182. The molecule has 0 unspecified atom stereocenters. The topological polar surface area (TPSA) is 32.6 Å². The number of aliphatic hydroxyl groups excluding tert-OH is 1. The van der Waals surface area contributed by atoms with Crippen molar-refractivity contribution in [3.63, 3.8) is 0 Å². The Morgan fingerprint density at radius 1 is 1.25 bits per heavy atom. The molecular formula is C11H10F3NO. The van der Waals surface area contributed by atoms with Gasteiger partial charge in [0.15, 0.2) is 11.6 Å². The standard InChI is InChI=1S/C11H10F3NO/c1-3-10(16)11(15-2)6-4-8(13)9(14)5-7(6)12/h4-5,16H,2-3H2,1H3/b11-10-. The average molecular weight is 229 g/mol. The molecule has 1 aromatic carbocycles. The molecule has 1 rings (SSSR count). The van der Waals surface area contributed by atoms with E-state index in [-0.39, 0.29) is 23.4 Å². The maximum atomic E-state index is 13.3. The molecule has 0 aliphatic rings. The minimum atomic E-state index is -1.29. The van der Waals surface area contributed by atoms with Crippen LogP contribution in [0.5, 0.6) is 0 Å². The molecule has 0 aromatic heterocycles. The second kappa shape index (κ2) is 4.83. The van der Waals surface area contributed by atoms with E-state index in [0.717, 1.165) is 0 Å². The molecule has 16 heavy (non-hydrogen) atoms. The van der Waals surface area contributed by atoms with Crippen LogP contribution in [0.25, 0.3) is 5.70 Å². The van der Waals surface area contributed by atoms with E-state index < -0.39 is 17.5 Å². The van der Waals surface area contributed by atoms with Crippen molar-refractivity contribution in [3.05, 3.63) is 40.9 Å². The highest BCUT2D eigenvalue weighted by Gasteiger charge is 2.15. The van der Waals surface area contributed by atoms with Crippen molar-refractivity contribution in [1.82, 2.24) is 0 Å². The van der Waals surface area contributed by atoms with Gasteiger partial charge in [-0.25, -0.2) is 13.2 Å². The fourth-order valence-corrected chi connectivity index (χ4v) is 1.20. The number of hydrogen-bond acceptors (Lipinski definition) is 2. The Hall–Kier alpha value is -1.78. The van der Waals surface area contributed by atoms with Crippen molar-refractivity contribution in [2.24, 2.45) is 4.99 Å². The Morgan fingerprint density at radius 2 is 1.81 bits per heavy atom. The maximum Gasteiger partial charge on any atom is 0.161 e. The first-order valence-electron chi connectivity index (χ1n) is 4.55. The first-order chi connectivity index (χ1) is 7.51. The van der Waals surface area contributed by atoms with E-state index >= 15 is 0 Å². The van der Waals surface area contributed by atoms with Gasteiger partial charge in [0.1, 0.15) is 17.3 Å². The molecule has 0 fully saturated rings. The molecule has 0 saturated heterocycles. The third-order valence-corrected chi connectivity index (χ3v) is 2.03. The van der Waals surface area contributed by atoms with E-state index in [1.54, 1.807) is 6.92 Å². The number of aliphatic hydroxyl groups is 1. The van der Waals surface area contributed by atoms with Gasteiger partial charge in [0.25, 0.3) is 0 Å². The summed E-state index contributed by atoms with van der Waals surface area (Å²) < 4.78 is 38.9. The smallest absolute Gasteiger partial charge is 0.161 e. The van der Waals surface area contributed by atoms with Gasteiger partial charge in [-0.2, -0.15) is 0 Å². The molecule has 0 spiro atoms. The van der Waals surface area contributed by atoms with Crippen LogP contribution in [-0.2, 0) is 0 Å². The minimum absolute atomic E-state index is 0.182. The third-order valence-electron chi connectivity index (χ3n) is 2.03. The minimum Gasteiger partial charge on any atom is -0.510 e. The Morgan fingerprint density at radius 3 is 2.31 bits per heavy atom. The van der Waals surface area contributed by atoms with Crippen LogP contribution in [0.1, 0.15) is 18.9 Å². The second-order valence-electron chi connectivity index (χ2n) is 3.05. The summed E-state index contributed by atoms with van der Waals surface area (Å²) in [4.78, 5) is 3.41. The van der Waals surface area contributed by atoms with E-state index in [2.05, 4.69) is 11.7 Å². The lowest BCUT2D eigenvalue weighted by atomic mass is 10.1. The van der Waals surface area contributed by atoms with Crippen molar-refractivity contribution in [2.75, 3.05) is 0 Å². The van der Waals surface area contributed by atoms with Gasteiger partial charge < -0.3 is 5.11 Å². The van der Waals surface area contributed by atoms with E-state index in [9.17, 15) is 18.3 Å². The molecule has 5 heteroatoms. The van der Waals surface area contributed by atoms with Crippen LogP contribution < -0.4 is 0 Å². The Kier molecular flexibility index (Phi) is 3.71. The normalized spacial score (nSPS) is 12.2. The lowest BCUT2D eigenvalue weighted by Gasteiger charge is -2.06. The number of aliphatic imine (C=N–C) groups is 1. The number of benzene rings is 1. The molecule has 0 atom stereocenters. The van der Waals surface area contributed by atoms with Crippen LogP contribution >= 0.6 is 0 Å². The highest BCUT2D eigenvalue weighted by molar-refractivity contribution is 5.69. The lowest BCUT2D eigenvalue weighted by molar-refractivity contribution is 0.396. The number of allylic oxidation sites excluding steroid dienone is 1. The molecule has 0 bridgehead atoms. The zero-order valence-electron chi connectivity index (χ0n) is 8.60. The molecule has 0 radical (unpaired) electrons. The summed E-state index contributed by atoms with van der Waals surface area (Å²) in [5.74, 6) is -3.73. The number of halogens is 3. The monoisotopic (exact) mass is 229 g/mol. The van der Waals surface area contributed by atoms with Crippen LogP contribution in [0.4, 0.5) is 13.2 Å². The number of hydrogen-bond donors (Lipinski definition) is 1. The molecule has 1 N–H and O–H groups in total. The summed E-state index contributed by atoms with van der Waals surface area (Å²) in [5.41, 5.74) is -0.493. The van der Waals surface area contributed by atoms with Crippen molar-refractivity contribution >= 4 is 12.4 Å². The van der Waals surface area contributed by atoms with Gasteiger partial charge >= 0.3 is 0 Å². The van der Waals surface area contributed by atoms with E-state index in [1.807, 2.05) is 0 Å². The van der Waals surface area contributed by atoms with Crippen molar-refractivity contribution in [3.8, 4) is 0 Å². The fourth-order valence-electron chi connectivity index (χ4n) is 1.20. The van der Waals surface area contributed by atoms with Crippen molar-refractivity contribution < 1.29 is 18.3 Å². The van der Waals surface area contributed by atoms with Gasteiger partial charge in [0, 0.05) is 18.1 Å². The first kappa shape index (κ1) is 12.3. The molecule has 0 heterocycles. The number of rotatable bonds is 3. The summed E-state index contributed by atoms with van der Waals surface area (Å²) in [7, 11) is 0. The van der Waals surface area contributed by atoms with E-state index in [4.69, 9.17) is 0 Å². The van der Waals surface area contributed by atoms with Crippen LogP contribution in [0.2, 0.25) is 0 Å². The van der Waals surface area contributed by atoms with Crippen molar-refractivity contribution in [2.45, 2.75) is 13.3 Å². The van der Waals surface area contributed by atoms with Gasteiger partial charge in [-0.3, -0.25) is 4.99 Å². The quantitative estimate of drug-likeness (QED) is 0.480. The average Bonchev–Trinajstić information content (AvgIpc) is 2.26. The largest absolute Gasteiger partial charge is 0.510 e. The summed E-state index contributed by atoms with van der Waals surface area (Å²) in [6.07, 6.45) is 0.187. The molecule has 1 aromatic rings. The van der Waals surface area contributed by atoms with Gasteiger partial charge in [-0.15, -0.1) is 0 Å². The molecular weight excluding hydrogens is 219 g/mol. The zero-order valence-corrected chi connectivity index (χ0v) is 8.60. The van der Waals surface area contributed by atoms with Crippen LogP contribution in [-0.4, -0.2) is 11.8 Å². The first-order valence-corrected chi connectivity index (χ1v) is 4.55. The summed E-state index contributed by atoms with van der Waals surface area (Å²) >= 11 is 0. The highest BCUT2D eigenvalue weighted by atomic mass is 19.2. The maximum absolute atomic E-state index is 13.3. The van der Waals surface area contributed by atoms with Gasteiger partial charge in [-0.05, 0) is 12.8 Å². The van der Waals surface area contributed by atoms with Gasteiger partial charge in [0.2, 0.25) is 0 Å². The summed E-state index contributed by atoms with van der Waals surface area (Å²) in [5, 5.41) is 9.42. The molecule has 0 aliphatic heterocycles. The molecule has 2 nitrogen and oxygen atoms in total. The Labute approximate surface area is 90.8 Å². The predicted octanol–water partition coefficient (Wildman–Crippen LogP) is 3.44. The van der Waals surface area contributed by atoms with Crippen molar-refractivity contribution in [1.29, 1.82) is 0 Å². The zero-order chi connectivity index (χ0) is 12.3.